The lowest BCUT2D eigenvalue weighted by Crippen LogP contribution is -2.19. The molecular weight excluding hydrogens is 396 g/mol. The van der Waals surface area contributed by atoms with E-state index in [0.29, 0.717) is 4.47 Å². The van der Waals surface area contributed by atoms with Crippen molar-refractivity contribution >= 4 is 31.9 Å². The van der Waals surface area contributed by atoms with Crippen LogP contribution < -0.4 is 10.5 Å². The van der Waals surface area contributed by atoms with Gasteiger partial charge in [0.25, 0.3) is 0 Å². The summed E-state index contributed by atoms with van der Waals surface area (Å²) in [5.41, 5.74) is 6.45. The highest BCUT2D eigenvalue weighted by Gasteiger charge is 2.18. The minimum absolute atomic E-state index is 0.135. The summed E-state index contributed by atoms with van der Waals surface area (Å²) in [6, 6.07) is 9.73. The van der Waals surface area contributed by atoms with Crippen LogP contribution in [0.2, 0.25) is 0 Å². The van der Waals surface area contributed by atoms with Gasteiger partial charge in [-0.05, 0) is 18.2 Å². The van der Waals surface area contributed by atoms with Gasteiger partial charge in [-0.3, -0.25) is 0 Å². The van der Waals surface area contributed by atoms with Gasteiger partial charge in [0, 0.05) is 21.1 Å². The van der Waals surface area contributed by atoms with Crippen molar-refractivity contribution in [3.63, 3.8) is 0 Å². The first kappa shape index (κ1) is 15.4. The number of benzene rings is 2. The van der Waals surface area contributed by atoms with Gasteiger partial charge in [0.1, 0.15) is 6.10 Å². The Kier molecular flexibility index (Phi) is 5.12. The second-order valence-electron chi connectivity index (χ2n) is 4.06. The Balaban J connectivity index is 2.34. The minimum atomic E-state index is -1.03. The molecule has 2 aromatic carbocycles. The standard InChI is InChI=1S/C14H11Br2F2NO/c15-8-5-11(17)14(18)12(6-8)20-13(7-19)9-3-1-2-4-10(9)16/h1-6,13H,7,19H2. The molecular formula is C14H11Br2F2NO. The van der Waals surface area contributed by atoms with Crippen molar-refractivity contribution in [2.75, 3.05) is 6.54 Å². The number of halogens is 4. The fourth-order valence-corrected chi connectivity index (χ4v) is 2.70. The predicted octanol–water partition coefficient (Wildman–Crippen LogP) is 4.57. The van der Waals surface area contributed by atoms with Gasteiger partial charge in [0.15, 0.2) is 11.6 Å². The third-order valence-electron chi connectivity index (χ3n) is 2.70. The highest BCUT2D eigenvalue weighted by Crippen LogP contribution is 2.31. The van der Waals surface area contributed by atoms with Gasteiger partial charge in [-0.1, -0.05) is 50.1 Å². The Hall–Kier alpha value is -0.980. The second kappa shape index (κ2) is 6.65. The fourth-order valence-electron chi connectivity index (χ4n) is 1.75. The molecule has 2 N–H and O–H groups in total. The number of hydrogen-bond donors (Lipinski definition) is 1. The molecule has 6 heteroatoms. The van der Waals surface area contributed by atoms with Crippen LogP contribution in [0.1, 0.15) is 11.7 Å². The van der Waals surface area contributed by atoms with Gasteiger partial charge in [-0.15, -0.1) is 0 Å². The van der Waals surface area contributed by atoms with Crippen molar-refractivity contribution in [1.82, 2.24) is 0 Å². The first-order valence-corrected chi connectivity index (χ1v) is 7.37. The number of hydrogen-bond acceptors (Lipinski definition) is 2. The van der Waals surface area contributed by atoms with E-state index in [1.54, 1.807) is 0 Å². The molecule has 0 aliphatic carbocycles. The van der Waals surface area contributed by atoms with Crippen molar-refractivity contribution in [3.05, 3.63) is 62.5 Å². The molecule has 1 atom stereocenters. The van der Waals surface area contributed by atoms with Crippen LogP contribution in [0, 0.1) is 11.6 Å². The Bertz CT molecular complexity index is 622. The summed E-state index contributed by atoms with van der Waals surface area (Å²) in [5.74, 6) is -2.18. The lowest BCUT2D eigenvalue weighted by molar-refractivity contribution is 0.201. The Morgan fingerprint density at radius 3 is 2.50 bits per heavy atom. The van der Waals surface area contributed by atoms with E-state index < -0.39 is 17.7 Å². The molecule has 1 unspecified atom stereocenters. The normalized spacial score (nSPS) is 12.2. The van der Waals surface area contributed by atoms with Crippen LogP contribution in [0.15, 0.2) is 45.3 Å². The second-order valence-corrected chi connectivity index (χ2v) is 5.83. The molecule has 2 rings (SSSR count). The maximum absolute atomic E-state index is 13.7. The van der Waals surface area contributed by atoms with Crippen molar-refractivity contribution in [2.45, 2.75) is 6.10 Å². The van der Waals surface area contributed by atoms with Crippen LogP contribution in [0.25, 0.3) is 0 Å². The maximum Gasteiger partial charge on any atom is 0.200 e. The molecule has 0 radical (unpaired) electrons. The summed E-state index contributed by atoms with van der Waals surface area (Å²) in [6.45, 7) is 0.135. The van der Waals surface area contributed by atoms with E-state index in [4.69, 9.17) is 10.5 Å². The Morgan fingerprint density at radius 1 is 1.15 bits per heavy atom. The van der Waals surface area contributed by atoms with Crippen LogP contribution >= 0.6 is 31.9 Å². The van der Waals surface area contributed by atoms with Crippen molar-refractivity contribution in [1.29, 1.82) is 0 Å². The van der Waals surface area contributed by atoms with Crippen molar-refractivity contribution in [3.8, 4) is 5.75 Å². The van der Waals surface area contributed by atoms with Gasteiger partial charge < -0.3 is 10.5 Å². The van der Waals surface area contributed by atoms with Crippen LogP contribution in [0.4, 0.5) is 8.78 Å². The summed E-state index contributed by atoms with van der Waals surface area (Å²) in [6.07, 6.45) is -0.575. The molecule has 0 amide bonds. The molecule has 2 nitrogen and oxygen atoms in total. The van der Waals surface area contributed by atoms with Crippen LogP contribution in [0.3, 0.4) is 0 Å². The Labute approximate surface area is 132 Å². The SMILES string of the molecule is NCC(Oc1cc(Br)cc(F)c1F)c1ccccc1Br. The van der Waals surface area contributed by atoms with Gasteiger partial charge in [0.05, 0.1) is 0 Å². The van der Waals surface area contributed by atoms with Crippen molar-refractivity contribution in [2.24, 2.45) is 5.73 Å². The molecule has 106 valence electrons. The van der Waals surface area contributed by atoms with E-state index >= 15 is 0 Å². The highest BCUT2D eigenvalue weighted by atomic mass is 79.9. The summed E-state index contributed by atoms with van der Waals surface area (Å²) in [5, 5.41) is 0. The van der Waals surface area contributed by atoms with Gasteiger partial charge in [-0.2, -0.15) is 4.39 Å². The minimum Gasteiger partial charge on any atom is -0.481 e. The molecule has 0 aliphatic rings. The molecule has 0 fully saturated rings. The molecule has 0 bridgehead atoms. The summed E-state index contributed by atoms with van der Waals surface area (Å²) < 4.78 is 33.8. The molecule has 20 heavy (non-hydrogen) atoms. The number of ether oxygens (including phenoxy) is 1. The smallest absolute Gasteiger partial charge is 0.200 e. The first-order chi connectivity index (χ1) is 9.52. The zero-order valence-corrected chi connectivity index (χ0v) is 13.4. The van der Waals surface area contributed by atoms with E-state index in [9.17, 15) is 8.78 Å². The number of rotatable bonds is 4. The van der Waals surface area contributed by atoms with Gasteiger partial charge in [0.2, 0.25) is 5.82 Å². The van der Waals surface area contributed by atoms with E-state index in [2.05, 4.69) is 31.9 Å². The topological polar surface area (TPSA) is 35.2 Å². The van der Waals surface area contributed by atoms with E-state index in [1.807, 2.05) is 24.3 Å². The van der Waals surface area contributed by atoms with E-state index in [0.717, 1.165) is 16.1 Å². The average molecular weight is 407 g/mol. The summed E-state index contributed by atoms with van der Waals surface area (Å²) in [4.78, 5) is 0. The molecule has 0 saturated heterocycles. The van der Waals surface area contributed by atoms with Crippen LogP contribution in [-0.4, -0.2) is 6.54 Å². The summed E-state index contributed by atoms with van der Waals surface area (Å²) >= 11 is 6.49. The van der Waals surface area contributed by atoms with Crippen LogP contribution in [0.5, 0.6) is 5.75 Å². The lowest BCUT2D eigenvalue weighted by atomic mass is 10.1. The predicted molar refractivity (Wildman–Crippen MR) is 80.6 cm³/mol. The van der Waals surface area contributed by atoms with E-state index in [1.165, 1.54) is 6.07 Å². The van der Waals surface area contributed by atoms with Crippen molar-refractivity contribution < 1.29 is 13.5 Å². The molecule has 0 spiro atoms. The van der Waals surface area contributed by atoms with Crippen LogP contribution in [-0.2, 0) is 0 Å². The monoisotopic (exact) mass is 405 g/mol. The molecule has 0 aromatic heterocycles. The molecule has 0 heterocycles. The highest BCUT2D eigenvalue weighted by molar-refractivity contribution is 9.10. The van der Waals surface area contributed by atoms with E-state index in [-0.39, 0.29) is 12.3 Å². The third-order valence-corrected chi connectivity index (χ3v) is 3.88. The molecule has 2 aromatic rings. The fraction of sp³-hybridized carbons (Fsp3) is 0.143. The zero-order chi connectivity index (χ0) is 14.7. The lowest BCUT2D eigenvalue weighted by Gasteiger charge is -2.19. The van der Waals surface area contributed by atoms with Gasteiger partial charge in [-0.25, -0.2) is 4.39 Å². The quantitative estimate of drug-likeness (QED) is 0.755. The molecule has 0 aliphatic heterocycles. The van der Waals surface area contributed by atoms with Gasteiger partial charge >= 0.3 is 0 Å². The zero-order valence-electron chi connectivity index (χ0n) is 10.2. The number of nitrogens with two attached hydrogens (primary N) is 1. The largest absolute Gasteiger partial charge is 0.481 e. The first-order valence-electron chi connectivity index (χ1n) is 5.78. The molecule has 0 saturated carbocycles. The third kappa shape index (κ3) is 3.37. The maximum atomic E-state index is 13.7. The summed E-state index contributed by atoms with van der Waals surface area (Å²) in [7, 11) is 0. The Morgan fingerprint density at radius 2 is 1.85 bits per heavy atom. The average Bonchev–Trinajstić information content (AvgIpc) is 2.42.